The normalized spacial score (nSPS) is 10.9. The molecule has 172 valence electrons. The van der Waals surface area contributed by atoms with Crippen molar-refractivity contribution in [3.63, 3.8) is 0 Å². The maximum Gasteiger partial charge on any atom is 0.271 e. The van der Waals surface area contributed by atoms with E-state index in [0.717, 1.165) is 5.56 Å². The number of carbonyl (C=O) groups excluding carboxylic acids is 1. The van der Waals surface area contributed by atoms with Crippen molar-refractivity contribution in [1.29, 1.82) is 0 Å². The van der Waals surface area contributed by atoms with Crippen LogP contribution in [0.3, 0.4) is 0 Å². The number of aromatic nitrogens is 2. The third kappa shape index (κ3) is 5.21. The lowest BCUT2D eigenvalue weighted by Gasteiger charge is -2.09. The highest BCUT2D eigenvalue weighted by atomic mass is 16.5. The highest BCUT2D eigenvalue weighted by Crippen LogP contribution is 2.27. The first-order valence-corrected chi connectivity index (χ1v) is 10.6. The summed E-state index contributed by atoms with van der Waals surface area (Å²) in [5.74, 6) is 1.18. The number of H-pyrrole nitrogens is 1. The molecule has 0 fully saturated rings. The molecule has 0 radical (unpaired) electrons. The fourth-order valence-electron chi connectivity index (χ4n) is 3.26. The number of anilines is 2. The zero-order valence-electron chi connectivity index (χ0n) is 18.7. The standard InChI is InChI=1S/C25H23N5O4/c1-3-34-21-13-8-16(14-22(21)33-2)15-26-30-23(31)17-9-11-18(12-10-17)27-25-28-20-7-5-4-6-19(20)24(32)29-25/h4-15H,3H2,1-2H3,(H,30,31)(H2,27,28,29,32)/b26-15-. The Labute approximate surface area is 195 Å². The van der Waals surface area contributed by atoms with Crippen molar-refractivity contribution in [2.75, 3.05) is 19.0 Å². The number of nitrogens with one attached hydrogen (secondary N) is 3. The van der Waals surface area contributed by atoms with E-state index in [4.69, 9.17) is 9.47 Å². The Kier molecular flexibility index (Phi) is 6.83. The summed E-state index contributed by atoms with van der Waals surface area (Å²) in [6.07, 6.45) is 1.52. The van der Waals surface area contributed by atoms with Crippen LogP contribution in [0.15, 0.2) is 76.6 Å². The molecule has 0 saturated carbocycles. The molecule has 1 heterocycles. The van der Waals surface area contributed by atoms with Gasteiger partial charge in [-0.25, -0.2) is 10.4 Å². The minimum atomic E-state index is -0.363. The molecule has 4 aromatic rings. The van der Waals surface area contributed by atoms with Gasteiger partial charge < -0.3 is 14.8 Å². The number of rotatable bonds is 8. The summed E-state index contributed by atoms with van der Waals surface area (Å²) in [4.78, 5) is 31.7. The molecule has 0 unspecified atom stereocenters. The molecule has 34 heavy (non-hydrogen) atoms. The Balaban J connectivity index is 1.39. The number of amides is 1. The number of nitrogens with zero attached hydrogens (tertiary/aromatic N) is 2. The van der Waals surface area contributed by atoms with Crippen LogP contribution in [-0.2, 0) is 0 Å². The fourth-order valence-corrected chi connectivity index (χ4v) is 3.26. The van der Waals surface area contributed by atoms with E-state index >= 15 is 0 Å². The van der Waals surface area contributed by atoms with E-state index in [1.54, 1.807) is 61.7 Å². The highest BCUT2D eigenvalue weighted by Gasteiger charge is 2.07. The van der Waals surface area contributed by atoms with Gasteiger partial charge in [0.25, 0.3) is 11.5 Å². The van der Waals surface area contributed by atoms with Crippen molar-refractivity contribution in [3.8, 4) is 11.5 Å². The van der Waals surface area contributed by atoms with Crippen LogP contribution in [0, 0.1) is 0 Å². The van der Waals surface area contributed by atoms with E-state index < -0.39 is 0 Å². The summed E-state index contributed by atoms with van der Waals surface area (Å²) in [7, 11) is 1.56. The minimum absolute atomic E-state index is 0.230. The SMILES string of the molecule is CCOc1ccc(/C=N\NC(=O)c2ccc(Nc3nc4ccccc4c(=O)[nH]3)cc2)cc1OC. The zero-order chi connectivity index (χ0) is 23.9. The van der Waals surface area contributed by atoms with Gasteiger partial charge in [-0.05, 0) is 67.1 Å². The molecule has 0 aliphatic heterocycles. The van der Waals surface area contributed by atoms with Gasteiger partial charge in [-0.1, -0.05) is 12.1 Å². The maximum atomic E-state index is 12.4. The Morgan fingerprint density at radius 3 is 2.65 bits per heavy atom. The van der Waals surface area contributed by atoms with Gasteiger partial charge in [0.15, 0.2) is 11.5 Å². The first kappa shape index (κ1) is 22.5. The van der Waals surface area contributed by atoms with E-state index in [0.29, 0.717) is 46.2 Å². The topological polar surface area (TPSA) is 118 Å². The fraction of sp³-hybridized carbons (Fsp3) is 0.120. The Morgan fingerprint density at radius 2 is 1.88 bits per heavy atom. The second-order valence-electron chi connectivity index (χ2n) is 7.18. The van der Waals surface area contributed by atoms with Gasteiger partial charge in [0.1, 0.15) is 0 Å². The van der Waals surface area contributed by atoms with Crippen LogP contribution in [0.4, 0.5) is 11.6 Å². The Hall–Kier alpha value is -4.66. The molecule has 0 bridgehead atoms. The van der Waals surface area contributed by atoms with Crippen molar-refractivity contribution in [3.05, 3.63) is 88.2 Å². The van der Waals surface area contributed by atoms with E-state index in [2.05, 4.69) is 25.8 Å². The predicted octanol–water partition coefficient (Wildman–Crippen LogP) is 3.84. The molecule has 0 spiro atoms. The number of para-hydroxylation sites is 1. The largest absolute Gasteiger partial charge is 0.493 e. The number of carbonyl (C=O) groups is 1. The molecule has 4 rings (SSSR count). The van der Waals surface area contributed by atoms with E-state index in [9.17, 15) is 9.59 Å². The van der Waals surface area contributed by atoms with Crippen LogP contribution in [0.1, 0.15) is 22.8 Å². The Bertz CT molecular complexity index is 1400. The van der Waals surface area contributed by atoms with Gasteiger partial charge >= 0.3 is 0 Å². The number of fused-ring (bicyclic) bond motifs is 1. The van der Waals surface area contributed by atoms with Crippen LogP contribution in [-0.4, -0.2) is 35.8 Å². The monoisotopic (exact) mass is 457 g/mol. The van der Waals surface area contributed by atoms with Crippen LogP contribution in [0.5, 0.6) is 11.5 Å². The van der Waals surface area contributed by atoms with Gasteiger partial charge in [-0.3, -0.25) is 14.6 Å². The van der Waals surface area contributed by atoms with Crippen molar-refractivity contribution < 1.29 is 14.3 Å². The highest BCUT2D eigenvalue weighted by molar-refractivity contribution is 5.95. The summed E-state index contributed by atoms with van der Waals surface area (Å²) < 4.78 is 10.8. The third-order valence-electron chi connectivity index (χ3n) is 4.89. The first-order chi connectivity index (χ1) is 16.6. The van der Waals surface area contributed by atoms with Crippen LogP contribution in [0.25, 0.3) is 10.9 Å². The molecule has 0 aliphatic carbocycles. The molecular weight excluding hydrogens is 434 g/mol. The van der Waals surface area contributed by atoms with Crippen LogP contribution in [0.2, 0.25) is 0 Å². The lowest BCUT2D eigenvalue weighted by Crippen LogP contribution is -2.17. The van der Waals surface area contributed by atoms with Crippen molar-refractivity contribution in [1.82, 2.24) is 15.4 Å². The summed E-state index contributed by atoms with van der Waals surface area (Å²) in [6.45, 7) is 2.43. The van der Waals surface area contributed by atoms with E-state index in [1.807, 2.05) is 19.1 Å². The molecule has 3 aromatic carbocycles. The zero-order valence-corrected chi connectivity index (χ0v) is 18.7. The second kappa shape index (κ2) is 10.3. The number of methoxy groups -OCH3 is 1. The number of hydrazone groups is 1. The van der Waals surface area contributed by atoms with Crippen LogP contribution >= 0.6 is 0 Å². The molecule has 1 amide bonds. The summed E-state index contributed by atoms with van der Waals surface area (Å²) in [5.41, 5.74) is 4.70. The van der Waals surface area contributed by atoms with E-state index in [1.165, 1.54) is 6.21 Å². The molecule has 0 atom stereocenters. The quantitative estimate of drug-likeness (QED) is 0.273. The number of aromatic amines is 1. The van der Waals surface area contributed by atoms with E-state index in [-0.39, 0.29) is 11.5 Å². The van der Waals surface area contributed by atoms with Crippen LogP contribution < -0.4 is 25.8 Å². The second-order valence-corrected chi connectivity index (χ2v) is 7.18. The van der Waals surface area contributed by atoms with Gasteiger partial charge in [0.2, 0.25) is 5.95 Å². The van der Waals surface area contributed by atoms with Crippen molar-refractivity contribution >= 4 is 34.7 Å². The minimum Gasteiger partial charge on any atom is -0.493 e. The lowest BCUT2D eigenvalue weighted by atomic mass is 10.2. The molecule has 0 saturated heterocycles. The van der Waals surface area contributed by atoms with Crippen molar-refractivity contribution in [2.45, 2.75) is 6.92 Å². The Morgan fingerprint density at radius 1 is 1.09 bits per heavy atom. The van der Waals surface area contributed by atoms with Crippen molar-refractivity contribution in [2.24, 2.45) is 5.10 Å². The lowest BCUT2D eigenvalue weighted by molar-refractivity contribution is 0.0955. The van der Waals surface area contributed by atoms with Gasteiger partial charge in [-0.15, -0.1) is 0 Å². The molecular formula is C25H23N5O4. The molecule has 9 nitrogen and oxygen atoms in total. The number of ether oxygens (including phenoxy) is 2. The van der Waals surface area contributed by atoms with Gasteiger partial charge in [0, 0.05) is 11.3 Å². The molecule has 0 aliphatic rings. The van der Waals surface area contributed by atoms with Gasteiger partial charge in [-0.2, -0.15) is 5.10 Å². The van der Waals surface area contributed by atoms with Gasteiger partial charge in [0.05, 0.1) is 30.8 Å². The number of hydrogen-bond acceptors (Lipinski definition) is 7. The number of benzene rings is 3. The first-order valence-electron chi connectivity index (χ1n) is 10.6. The predicted molar refractivity (Wildman–Crippen MR) is 131 cm³/mol. The number of hydrogen-bond donors (Lipinski definition) is 3. The molecule has 9 heteroatoms. The summed E-state index contributed by atoms with van der Waals surface area (Å²) in [6, 6.07) is 19.2. The molecule has 3 N–H and O–H groups in total. The third-order valence-corrected chi connectivity index (χ3v) is 4.89. The summed E-state index contributed by atoms with van der Waals surface area (Å²) >= 11 is 0. The molecule has 1 aromatic heterocycles. The average Bonchev–Trinajstić information content (AvgIpc) is 2.85. The summed E-state index contributed by atoms with van der Waals surface area (Å²) in [5, 5.41) is 7.57. The maximum absolute atomic E-state index is 12.4. The average molecular weight is 457 g/mol. The smallest absolute Gasteiger partial charge is 0.271 e.